The molecule has 0 saturated carbocycles. The van der Waals surface area contributed by atoms with Crippen molar-refractivity contribution in [1.82, 2.24) is 20.9 Å². The first-order valence-corrected chi connectivity index (χ1v) is 21.3. The molecule has 50 heavy (non-hydrogen) atoms. The molecule has 1 unspecified atom stereocenters. The second-order valence-electron chi connectivity index (χ2n) is 16.6. The highest BCUT2D eigenvalue weighted by Gasteiger charge is 2.43. The molecule has 3 N–H and O–H groups in total. The Hall–Kier alpha value is -3.21. The van der Waals surface area contributed by atoms with Crippen molar-refractivity contribution >= 4 is 26.2 Å². The van der Waals surface area contributed by atoms with Gasteiger partial charge in [-0.1, -0.05) is 102 Å². The van der Waals surface area contributed by atoms with Gasteiger partial charge in [0.05, 0.1) is 18.3 Å². The summed E-state index contributed by atoms with van der Waals surface area (Å²) < 4.78 is 12.9. The molecule has 0 aliphatic carbocycles. The van der Waals surface area contributed by atoms with Crippen molar-refractivity contribution in [2.45, 2.75) is 136 Å². The van der Waals surface area contributed by atoms with Crippen LogP contribution in [0.3, 0.4) is 0 Å². The Bertz CT molecular complexity index is 1370. The lowest BCUT2D eigenvalue weighted by molar-refractivity contribution is -0.146. The number of nitrogens with one attached hydrogen (secondary N) is 3. The average molecular weight is 709 g/mol. The number of carbonyl (C=O) groups excluding carboxylic acids is 3. The molecule has 0 spiro atoms. The van der Waals surface area contributed by atoms with E-state index in [1.807, 2.05) is 107 Å². The summed E-state index contributed by atoms with van der Waals surface area (Å²) in [6.07, 6.45) is 1.12. The van der Waals surface area contributed by atoms with Crippen LogP contribution in [0.4, 0.5) is 4.79 Å². The van der Waals surface area contributed by atoms with Gasteiger partial charge in [0.15, 0.2) is 8.32 Å². The number of benzene rings is 2. The molecular formula is C40H64N4O5Si. The lowest BCUT2D eigenvalue weighted by Crippen LogP contribution is -2.63. The van der Waals surface area contributed by atoms with Crippen molar-refractivity contribution in [2.75, 3.05) is 13.1 Å². The highest BCUT2D eigenvalue weighted by molar-refractivity contribution is 6.74. The molecule has 0 bridgehead atoms. The SMILES string of the molecule is CCNC1CCN1C(=O)[C@@H](NC(=O)[C@@H](Cc1ccccc1)C[C@@H](O[Si](C)(C)C(C)(C)C)[C@H](Cc1ccccc1)NC(=O)OC(C)(C)C)C(C)C. The van der Waals surface area contributed by atoms with E-state index in [2.05, 4.69) is 49.8 Å². The van der Waals surface area contributed by atoms with Crippen molar-refractivity contribution in [3.05, 3.63) is 71.8 Å². The maximum absolute atomic E-state index is 14.5. The first-order valence-electron chi connectivity index (χ1n) is 18.4. The number of ether oxygens (including phenoxy) is 1. The normalized spacial score (nSPS) is 17.7. The fourth-order valence-electron chi connectivity index (χ4n) is 5.98. The lowest BCUT2D eigenvalue weighted by atomic mass is 9.88. The van der Waals surface area contributed by atoms with Crippen LogP contribution in [0.5, 0.6) is 0 Å². The predicted molar refractivity (Wildman–Crippen MR) is 204 cm³/mol. The molecule has 1 heterocycles. The summed E-state index contributed by atoms with van der Waals surface area (Å²) in [6, 6.07) is 18.8. The minimum Gasteiger partial charge on any atom is -0.444 e. The average Bonchev–Trinajstić information content (AvgIpc) is 3.00. The van der Waals surface area contributed by atoms with Crippen LogP contribution in [0, 0.1) is 11.8 Å². The zero-order valence-corrected chi connectivity index (χ0v) is 33.5. The van der Waals surface area contributed by atoms with Crippen LogP contribution in [-0.2, 0) is 31.6 Å². The van der Waals surface area contributed by atoms with Crippen molar-refractivity contribution in [3.8, 4) is 0 Å². The van der Waals surface area contributed by atoms with E-state index >= 15 is 0 Å². The van der Waals surface area contributed by atoms with E-state index in [0.29, 0.717) is 25.8 Å². The Morgan fingerprint density at radius 3 is 1.90 bits per heavy atom. The van der Waals surface area contributed by atoms with Gasteiger partial charge in [-0.05, 0) is 88.2 Å². The molecule has 3 amide bonds. The Balaban J connectivity index is 2.04. The van der Waals surface area contributed by atoms with E-state index in [1.54, 1.807) is 0 Å². The van der Waals surface area contributed by atoms with Crippen LogP contribution < -0.4 is 16.0 Å². The van der Waals surface area contributed by atoms with Gasteiger partial charge >= 0.3 is 6.09 Å². The van der Waals surface area contributed by atoms with Gasteiger partial charge in [-0.25, -0.2) is 4.79 Å². The molecule has 1 saturated heterocycles. The fourth-order valence-corrected chi connectivity index (χ4v) is 7.35. The van der Waals surface area contributed by atoms with Gasteiger partial charge in [0.2, 0.25) is 11.8 Å². The highest BCUT2D eigenvalue weighted by Crippen LogP contribution is 2.39. The molecule has 9 nitrogen and oxygen atoms in total. The second-order valence-corrected chi connectivity index (χ2v) is 21.4. The molecule has 0 radical (unpaired) electrons. The number of nitrogens with zero attached hydrogens (tertiary/aromatic N) is 1. The summed E-state index contributed by atoms with van der Waals surface area (Å²) in [7, 11) is -2.43. The predicted octanol–water partition coefficient (Wildman–Crippen LogP) is 7.07. The Morgan fingerprint density at radius 2 is 1.44 bits per heavy atom. The van der Waals surface area contributed by atoms with Crippen LogP contribution in [-0.4, -0.2) is 74.2 Å². The molecule has 0 aromatic heterocycles. The summed E-state index contributed by atoms with van der Waals surface area (Å²) in [5.74, 6) is -0.904. The molecule has 1 aliphatic heterocycles. The van der Waals surface area contributed by atoms with Gasteiger partial charge in [0.25, 0.3) is 0 Å². The number of amides is 3. The molecule has 278 valence electrons. The molecule has 1 fully saturated rings. The molecular weight excluding hydrogens is 645 g/mol. The quantitative estimate of drug-likeness (QED) is 0.161. The summed E-state index contributed by atoms with van der Waals surface area (Å²) in [4.78, 5) is 43.6. The molecule has 2 aromatic rings. The summed E-state index contributed by atoms with van der Waals surface area (Å²) >= 11 is 0. The van der Waals surface area contributed by atoms with Crippen LogP contribution in [0.1, 0.15) is 86.3 Å². The zero-order chi connectivity index (χ0) is 37.3. The van der Waals surface area contributed by atoms with Crippen molar-refractivity contribution < 1.29 is 23.5 Å². The lowest BCUT2D eigenvalue weighted by Gasteiger charge is -2.44. The first kappa shape index (κ1) is 41.2. The fraction of sp³-hybridized carbons (Fsp3) is 0.625. The second kappa shape index (κ2) is 17.8. The molecule has 5 atom stereocenters. The maximum atomic E-state index is 14.5. The summed E-state index contributed by atoms with van der Waals surface area (Å²) in [5, 5.41) is 9.61. The third-order valence-corrected chi connectivity index (χ3v) is 14.4. The smallest absolute Gasteiger partial charge is 0.407 e. The van der Waals surface area contributed by atoms with Gasteiger partial charge in [0.1, 0.15) is 11.6 Å². The van der Waals surface area contributed by atoms with Crippen LogP contribution >= 0.6 is 0 Å². The monoisotopic (exact) mass is 708 g/mol. The number of carbonyl (C=O) groups is 3. The standard InChI is InChI=1S/C40H64N4O5Si/c1-12-41-34-23-24-44(34)37(46)35(28(2)3)43-36(45)31(25-29-19-15-13-16-20-29)27-33(49-50(10,11)40(7,8)9)32(26-30-21-17-14-18-22-30)42-38(47)48-39(4,5)6/h13-22,28,31-35,41H,12,23-27H2,1-11H3,(H,42,47)(H,43,45)/t31-,32-,33+,34?,35-/m0/s1. The number of likely N-dealkylation sites (tertiary alicyclic amines) is 1. The van der Waals surface area contributed by atoms with Gasteiger partial charge in [-0.2, -0.15) is 0 Å². The van der Waals surface area contributed by atoms with Crippen LogP contribution in [0.25, 0.3) is 0 Å². The van der Waals surface area contributed by atoms with Crippen molar-refractivity contribution in [2.24, 2.45) is 11.8 Å². The van der Waals surface area contributed by atoms with Gasteiger partial charge in [-0.15, -0.1) is 0 Å². The number of hydrogen-bond donors (Lipinski definition) is 3. The number of hydrogen-bond acceptors (Lipinski definition) is 6. The zero-order valence-electron chi connectivity index (χ0n) is 32.5. The Labute approximate surface area is 302 Å². The van der Waals surface area contributed by atoms with Crippen molar-refractivity contribution in [3.63, 3.8) is 0 Å². The van der Waals surface area contributed by atoms with E-state index in [0.717, 1.165) is 24.1 Å². The van der Waals surface area contributed by atoms with Gasteiger partial charge in [0, 0.05) is 12.5 Å². The summed E-state index contributed by atoms with van der Waals surface area (Å²) in [5.41, 5.74) is 1.37. The van der Waals surface area contributed by atoms with E-state index in [-0.39, 0.29) is 28.9 Å². The van der Waals surface area contributed by atoms with Crippen molar-refractivity contribution in [1.29, 1.82) is 0 Å². The van der Waals surface area contributed by atoms with Gasteiger partial charge in [-0.3, -0.25) is 14.9 Å². The molecule has 3 rings (SSSR count). The van der Waals surface area contributed by atoms with Crippen LogP contribution in [0.15, 0.2) is 60.7 Å². The third kappa shape index (κ3) is 12.2. The molecule has 1 aliphatic rings. The maximum Gasteiger partial charge on any atom is 0.407 e. The number of rotatable bonds is 16. The molecule has 10 heteroatoms. The topological polar surface area (TPSA) is 109 Å². The minimum atomic E-state index is -2.43. The van der Waals surface area contributed by atoms with Gasteiger partial charge < -0.3 is 24.7 Å². The minimum absolute atomic E-state index is 0.00851. The Morgan fingerprint density at radius 1 is 0.880 bits per heavy atom. The van der Waals surface area contributed by atoms with E-state index in [1.165, 1.54) is 0 Å². The summed E-state index contributed by atoms with van der Waals surface area (Å²) in [6.45, 7) is 23.9. The van der Waals surface area contributed by atoms with Crippen LogP contribution in [0.2, 0.25) is 18.1 Å². The highest BCUT2D eigenvalue weighted by atomic mass is 28.4. The van der Waals surface area contributed by atoms with E-state index in [9.17, 15) is 14.4 Å². The largest absolute Gasteiger partial charge is 0.444 e. The van der Waals surface area contributed by atoms with E-state index < -0.39 is 44.1 Å². The third-order valence-electron chi connectivity index (χ3n) is 9.89. The number of alkyl carbamates (subject to hydrolysis) is 1. The Kier molecular flexibility index (Phi) is 14.7. The molecule has 2 aromatic carbocycles. The van der Waals surface area contributed by atoms with E-state index in [4.69, 9.17) is 9.16 Å². The first-order chi connectivity index (χ1) is 23.3.